The van der Waals surface area contributed by atoms with Crippen LogP contribution < -0.4 is 4.74 Å². The van der Waals surface area contributed by atoms with Crippen molar-refractivity contribution in [3.63, 3.8) is 0 Å². The summed E-state index contributed by atoms with van der Waals surface area (Å²) >= 11 is 1.76. The number of carbonyl (C=O) groups is 1. The SMILES string of the molecule is O=C(CCSc1ccccc1)N1C2CCC1CC(Oc1cccnc1)C2. The third-order valence-corrected chi connectivity index (χ3v) is 6.26. The first-order chi connectivity index (χ1) is 12.8. The van der Waals surface area contributed by atoms with Crippen LogP contribution in [-0.4, -0.2) is 39.7 Å². The summed E-state index contributed by atoms with van der Waals surface area (Å²) in [4.78, 5) is 20.3. The highest BCUT2D eigenvalue weighted by Crippen LogP contribution is 2.37. The molecule has 2 aliphatic heterocycles. The van der Waals surface area contributed by atoms with Crippen LogP contribution in [0.3, 0.4) is 0 Å². The number of hydrogen-bond donors (Lipinski definition) is 0. The number of nitrogens with zero attached hydrogens (tertiary/aromatic N) is 2. The van der Waals surface area contributed by atoms with Gasteiger partial charge in [0.25, 0.3) is 0 Å². The molecule has 2 saturated heterocycles. The molecule has 0 saturated carbocycles. The maximum Gasteiger partial charge on any atom is 0.223 e. The molecule has 26 heavy (non-hydrogen) atoms. The van der Waals surface area contributed by atoms with Crippen LogP contribution in [-0.2, 0) is 4.79 Å². The van der Waals surface area contributed by atoms with Crippen LogP contribution in [0, 0.1) is 0 Å². The van der Waals surface area contributed by atoms with E-state index in [1.54, 1.807) is 24.2 Å². The molecule has 5 heteroatoms. The van der Waals surface area contributed by atoms with Crippen molar-refractivity contribution in [2.45, 2.75) is 55.2 Å². The van der Waals surface area contributed by atoms with Gasteiger partial charge in [0.05, 0.1) is 6.20 Å². The Hall–Kier alpha value is -2.01. The lowest BCUT2D eigenvalue weighted by atomic mass is 9.99. The largest absolute Gasteiger partial charge is 0.489 e. The minimum atomic E-state index is 0.194. The van der Waals surface area contributed by atoms with Crippen LogP contribution in [0.2, 0.25) is 0 Å². The van der Waals surface area contributed by atoms with Gasteiger partial charge in [-0.05, 0) is 37.1 Å². The molecule has 2 fully saturated rings. The van der Waals surface area contributed by atoms with E-state index in [0.717, 1.165) is 37.2 Å². The molecule has 1 aromatic carbocycles. The first-order valence-corrected chi connectivity index (χ1v) is 10.3. The van der Waals surface area contributed by atoms with Gasteiger partial charge in [-0.15, -0.1) is 11.8 Å². The molecule has 136 valence electrons. The monoisotopic (exact) mass is 368 g/mol. The molecule has 1 amide bonds. The molecular formula is C21H24N2O2S. The van der Waals surface area contributed by atoms with Gasteiger partial charge >= 0.3 is 0 Å². The van der Waals surface area contributed by atoms with Gasteiger partial charge in [-0.1, -0.05) is 18.2 Å². The fourth-order valence-corrected chi connectivity index (χ4v) is 5.00. The highest BCUT2D eigenvalue weighted by atomic mass is 32.2. The minimum absolute atomic E-state index is 0.194. The molecule has 1 aromatic heterocycles. The Kier molecular flexibility index (Phi) is 5.44. The van der Waals surface area contributed by atoms with Crippen LogP contribution in [0.1, 0.15) is 32.1 Å². The van der Waals surface area contributed by atoms with Crippen molar-refractivity contribution in [3.05, 3.63) is 54.9 Å². The molecule has 0 spiro atoms. The molecule has 4 nitrogen and oxygen atoms in total. The number of hydrogen-bond acceptors (Lipinski definition) is 4. The lowest BCUT2D eigenvalue weighted by Crippen LogP contribution is -2.49. The molecule has 4 rings (SSSR count). The summed E-state index contributed by atoms with van der Waals surface area (Å²) in [5, 5.41) is 0. The van der Waals surface area contributed by atoms with E-state index in [1.807, 2.05) is 30.3 Å². The Balaban J connectivity index is 1.29. The topological polar surface area (TPSA) is 42.4 Å². The van der Waals surface area contributed by atoms with Crippen molar-refractivity contribution in [1.29, 1.82) is 0 Å². The Morgan fingerprint density at radius 1 is 1.12 bits per heavy atom. The van der Waals surface area contributed by atoms with Gasteiger partial charge < -0.3 is 9.64 Å². The molecule has 2 bridgehead atoms. The van der Waals surface area contributed by atoms with E-state index in [2.05, 4.69) is 22.0 Å². The van der Waals surface area contributed by atoms with Gasteiger partial charge in [0.1, 0.15) is 11.9 Å². The quantitative estimate of drug-likeness (QED) is 0.718. The number of carbonyl (C=O) groups excluding carboxylic acids is 1. The number of aromatic nitrogens is 1. The van der Waals surface area contributed by atoms with Crippen molar-refractivity contribution in [2.24, 2.45) is 0 Å². The molecule has 0 radical (unpaired) electrons. The standard InChI is InChI=1S/C21H24N2O2S/c24-21(10-12-26-20-6-2-1-3-7-20)23-16-8-9-17(23)14-19(13-16)25-18-5-4-11-22-15-18/h1-7,11,15-17,19H,8-10,12-14H2. The third kappa shape index (κ3) is 4.04. The number of amides is 1. The van der Waals surface area contributed by atoms with E-state index in [-0.39, 0.29) is 6.10 Å². The predicted molar refractivity (Wildman–Crippen MR) is 103 cm³/mol. The average Bonchev–Trinajstić information content (AvgIpc) is 2.94. The lowest BCUT2D eigenvalue weighted by Gasteiger charge is -2.39. The molecule has 0 N–H and O–H groups in total. The molecule has 2 aliphatic rings. The second-order valence-electron chi connectivity index (χ2n) is 7.00. The smallest absolute Gasteiger partial charge is 0.223 e. The summed E-state index contributed by atoms with van der Waals surface area (Å²) in [6, 6.07) is 14.8. The summed E-state index contributed by atoms with van der Waals surface area (Å²) in [5.41, 5.74) is 0. The molecule has 0 aliphatic carbocycles. The van der Waals surface area contributed by atoms with E-state index < -0.39 is 0 Å². The van der Waals surface area contributed by atoms with Gasteiger partial charge in [0.2, 0.25) is 5.91 Å². The van der Waals surface area contributed by atoms with E-state index in [9.17, 15) is 4.79 Å². The number of piperidine rings is 1. The highest BCUT2D eigenvalue weighted by Gasteiger charge is 2.43. The predicted octanol–water partition coefficient (Wildman–Crippen LogP) is 4.16. The zero-order valence-electron chi connectivity index (χ0n) is 14.8. The zero-order valence-corrected chi connectivity index (χ0v) is 15.6. The highest BCUT2D eigenvalue weighted by molar-refractivity contribution is 7.99. The lowest BCUT2D eigenvalue weighted by molar-refractivity contribution is -0.136. The number of pyridine rings is 1. The summed E-state index contributed by atoms with van der Waals surface area (Å²) < 4.78 is 6.10. The summed E-state index contributed by atoms with van der Waals surface area (Å²) in [5.74, 6) is 1.98. The molecule has 2 aromatic rings. The average molecular weight is 369 g/mol. The third-order valence-electron chi connectivity index (χ3n) is 5.24. The van der Waals surface area contributed by atoms with Crippen molar-refractivity contribution in [1.82, 2.24) is 9.88 Å². The number of fused-ring (bicyclic) bond motifs is 2. The van der Waals surface area contributed by atoms with Crippen molar-refractivity contribution in [2.75, 3.05) is 5.75 Å². The van der Waals surface area contributed by atoms with Gasteiger partial charge in [0, 0.05) is 48.2 Å². The van der Waals surface area contributed by atoms with E-state index in [0.29, 0.717) is 24.4 Å². The fraction of sp³-hybridized carbons (Fsp3) is 0.429. The van der Waals surface area contributed by atoms with E-state index in [4.69, 9.17) is 4.74 Å². The minimum Gasteiger partial charge on any atom is -0.489 e. The van der Waals surface area contributed by atoms with Crippen LogP contribution in [0.25, 0.3) is 0 Å². The van der Waals surface area contributed by atoms with Crippen LogP contribution in [0.15, 0.2) is 59.8 Å². The second-order valence-corrected chi connectivity index (χ2v) is 8.17. The number of benzene rings is 1. The molecular weight excluding hydrogens is 344 g/mol. The molecule has 2 unspecified atom stereocenters. The normalized spacial score (nSPS) is 24.5. The van der Waals surface area contributed by atoms with Gasteiger partial charge in [-0.2, -0.15) is 0 Å². The Morgan fingerprint density at radius 2 is 1.88 bits per heavy atom. The number of thioether (sulfide) groups is 1. The van der Waals surface area contributed by atoms with Gasteiger partial charge in [-0.25, -0.2) is 0 Å². The van der Waals surface area contributed by atoms with Crippen LogP contribution in [0.4, 0.5) is 0 Å². The van der Waals surface area contributed by atoms with E-state index >= 15 is 0 Å². The first-order valence-electron chi connectivity index (χ1n) is 9.35. The first kappa shape index (κ1) is 17.4. The van der Waals surface area contributed by atoms with Gasteiger partial charge in [-0.3, -0.25) is 9.78 Å². The second kappa shape index (κ2) is 8.12. The van der Waals surface area contributed by atoms with Crippen LogP contribution in [0.5, 0.6) is 5.75 Å². The molecule has 2 atom stereocenters. The summed E-state index contributed by atoms with van der Waals surface area (Å²) in [6.45, 7) is 0. The number of rotatable bonds is 6. The summed E-state index contributed by atoms with van der Waals surface area (Å²) in [7, 11) is 0. The van der Waals surface area contributed by atoms with Gasteiger partial charge in [0.15, 0.2) is 0 Å². The van der Waals surface area contributed by atoms with Crippen molar-refractivity contribution >= 4 is 17.7 Å². The Labute approximate surface area is 159 Å². The zero-order chi connectivity index (χ0) is 17.8. The Morgan fingerprint density at radius 3 is 2.58 bits per heavy atom. The number of ether oxygens (including phenoxy) is 1. The molecule has 3 heterocycles. The maximum absolute atomic E-state index is 12.8. The van der Waals surface area contributed by atoms with E-state index in [1.165, 1.54) is 4.90 Å². The maximum atomic E-state index is 12.8. The summed E-state index contributed by atoms with van der Waals surface area (Å²) in [6.07, 6.45) is 8.40. The Bertz CT molecular complexity index is 711. The van der Waals surface area contributed by atoms with Crippen molar-refractivity contribution < 1.29 is 9.53 Å². The fourth-order valence-electron chi connectivity index (χ4n) is 4.14. The van der Waals surface area contributed by atoms with Crippen LogP contribution >= 0.6 is 11.8 Å². The van der Waals surface area contributed by atoms with Crippen molar-refractivity contribution in [3.8, 4) is 5.75 Å².